The molecule has 0 unspecified atom stereocenters. The highest BCUT2D eigenvalue weighted by molar-refractivity contribution is 6.32. The van der Waals surface area contributed by atoms with Gasteiger partial charge in [-0.15, -0.1) is 0 Å². The van der Waals surface area contributed by atoms with Gasteiger partial charge < -0.3 is 10.7 Å². The first kappa shape index (κ1) is 11.6. The average molecular weight is 250 g/mol. The van der Waals surface area contributed by atoms with Crippen molar-refractivity contribution >= 4 is 34.6 Å². The van der Waals surface area contributed by atoms with E-state index in [4.69, 9.17) is 17.3 Å². The zero-order chi connectivity index (χ0) is 12.4. The van der Waals surface area contributed by atoms with Crippen molar-refractivity contribution < 1.29 is 0 Å². The molecule has 0 bridgehead atoms. The predicted molar refractivity (Wildman–Crippen MR) is 70.2 cm³/mol. The van der Waals surface area contributed by atoms with Crippen LogP contribution >= 0.6 is 11.6 Å². The molecule has 0 aromatic carbocycles. The van der Waals surface area contributed by atoms with E-state index in [9.17, 15) is 0 Å². The number of nitrogens with zero attached hydrogens (tertiary/aromatic N) is 3. The van der Waals surface area contributed by atoms with Crippen molar-refractivity contribution in [1.29, 1.82) is 0 Å². The van der Waals surface area contributed by atoms with Crippen molar-refractivity contribution in [2.24, 2.45) is 10.7 Å². The number of aromatic nitrogens is 3. The molecule has 0 atom stereocenters. The molecule has 0 spiro atoms. The van der Waals surface area contributed by atoms with E-state index in [0.29, 0.717) is 22.1 Å². The minimum atomic E-state index is 0.607. The van der Waals surface area contributed by atoms with Crippen LogP contribution in [0.2, 0.25) is 5.02 Å². The van der Waals surface area contributed by atoms with Gasteiger partial charge >= 0.3 is 0 Å². The first-order chi connectivity index (χ1) is 8.17. The summed E-state index contributed by atoms with van der Waals surface area (Å²) in [5.74, 6) is 0.631. The highest BCUT2D eigenvalue weighted by Crippen LogP contribution is 2.22. The number of rotatable bonds is 2. The summed E-state index contributed by atoms with van der Waals surface area (Å²) >= 11 is 6.00. The molecule has 0 aliphatic heterocycles. The monoisotopic (exact) mass is 249 g/mol. The second-order valence-corrected chi connectivity index (χ2v) is 3.93. The highest BCUT2D eigenvalue weighted by atomic mass is 35.5. The van der Waals surface area contributed by atoms with Gasteiger partial charge in [0.15, 0.2) is 5.65 Å². The van der Waals surface area contributed by atoms with Gasteiger partial charge in [0, 0.05) is 25.7 Å². The first-order valence-corrected chi connectivity index (χ1v) is 5.40. The molecule has 2 aromatic heterocycles. The molecule has 0 saturated carbocycles. The van der Waals surface area contributed by atoms with E-state index >= 15 is 0 Å². The third-order valence-electron chi connectivity index (χ3n) is 2.44. The maximum atomic E-state index is 6.00. The number of hydrogen-bond acceptors (Lipinski definition) is 4. The molecule has 3 N–H and O–H groups in total. The molecule has 0 aliphatic carbocycles. The van der Waals surface area contributed by atoms with Crippen molar-refractivity contribution in [3.8, 4) is 0 Å². The molecule has 5 nitrogen and oxygen atoms in total. The lowest BCUT2D eigenvalue weighted by Gasteiger charge is -1.96. The normalized spacial score (nSPS) is 12.8. The second kappa shape index (κ2) is 4.55. The van der Waals surface area contributed by atoms with Crippen LogP contribution in [0, 0.1) is 6.92 Å². The number of pyridine rings is 1. The molecular weight excluding hydrogens is 238 g/mol. The van der Waals surface area contributed by atoms with E-state index in [1.54, 1.807) is 19.5 Å². The quantitative estimate of drug-likeness (QED) is 0.798. The van der Waals surface area contributed by atoms with E-state index in [0.717, 1.165) is 11.1 Å². The molecule has 0 saturated heterocycles. The third kappa shape index (κ3) is 2.01. The number of hydrogen-bond donors (Lipinski definition) is 2. The van der Waals surface area contributed by atoms with Crippen LogP contribution in [0.25, 0.3) is 16.7 Å². The summed E-state index contributed by atoms with van der Waals surface area (Å²) in [6, 6.07) is 0. The molecule has 2 aromatic rings. The number of fused-ring (bicyclic) bond motifs is 1. The van der Waals surface area contributed by atoms with Crippen LogP contribution in [0.5, 0.6) is 0 Å². The molecule has 0 radical (unpaired) electrons. The molecule has 2 heterocycles. The number of halogens is 1. The van der Waals surface area contributed by atoms with Gasteiger partial charge in [-0.25, -0.2) is 9.97 Å². The summed E-state index contributed by atoms with van der Waals surface area (Å²) in [5, 5.41) is 0.607. The van der Waals surface area contributed by atoms with Crippen LogP contribution in [0.3, 0.4) is 0 Å². The summed E-state index contributed by atoms with van der Waals surface area (Å²) in [6.45, 7) is 1.91. The van der Waals surface area contributed by atoms with E-state index < -0.39 is 0 Å². The Balaban J connectivity index is 2.63. The second-order valence-electron chi connectivity index (χ2n) is 3.52. The summed E-state index contributed by atoms with van der Waals surface area (Å²) in [5.41, 5.74) is 8.58. The SMILES string of the molecule is CN=C/C(=C\N)c1nc2ncc(Cl)c(C)c2[nH]1. The Hall–Kier alpha value is -1.88. The fraction of sp³-hybridized carbons (Fsp3) is 0.182. The van der Waals surface area contributed by atoms with Gasteiger partial charge in [-0.2, -0.15) is 0 Å². The number of allylic oxidation sites excluding steroid dienone is 1. The fourth-order valence-corrected chi connectivity index (χ4v) is 1.66. The third-order valence-corrected chi connectivity index (χ3v) is 2.82. The van der Waals surface area contributed by atoms with Gasteiger partial charge in [0.05, 0.1) is 16.1 Å². The van der Waals surface area contributed by atoms with Gasteiger partial charge in [0.25, 0.3) is 0 Å². The number of aryl methyl sites for hydroxylation is 1. The number of aromatic amines is 1. The topological polar surface area (TPSA) is 79.9 Å². The molecule has 2 rings (SSSR count). The number of aliphatic imine (C=N–C) groups is 1. The molecule has 6 heteroatoms. The van der Waals surface area contributed by atoms with Crippen LogP contribution in [0.4, 0.5) is 0 Å². The van der Waals surface area contributed by atoms with Gasteiger partial charge in [0.1, 0.15) is 5.82 Å². The zero-order valence-electron chi connectivity index (χ0n) is 9.53. The zero-order valence-corrected chi connectivity index (χ0v) is 10.3. The number of nitrogens with two attached hydrogens (primary N) is 1. The summed E-state index contributed by atoms with van der Waals surface area (Å²) in [6.07, 6.45) is 4.67. The molecule has 0 fully saturated rings. The molecule has 0 aliphatic rings. The van der Waals surface area contributed by atoms with Gasteiger partial charge in [-0.05, 0) is 12.5 Å². The van der Waals surface area contributed by atoms with Crippen molar-refractivity contribution in [1.82, 2.24) is 15.0 Å². The van der Waals surface area contributed by atoms with E-state index in [1.807, 2.05) is 6.92 Å². The van der Waals surface area contributed by atoms with Crippen LogP contribution in [-0.2, 0) is 0 Å². The largest absolute Gasteiger partial charge is 0.404 e. The smallest absolute Gasteiger partial charge is 0.178 e. The number of nitrogens with one attached hydrogen (secondary N) is 1. The maximum absolute atomic E-state index is 6.00. The molecule has 88 valence electrons. The number of imidazole rings is 1. The summed E-state index contributed by atoms with van der Waals surface area (Å²) < 4.78 is 0. The minimum Gasteiger partial charge on any atom is -0.404 e. The Morgan fingerprint density at radius 1 is 1.59 bits per heavy atom. The number of H-pyrrole nitrogens is 1. The molecular formula is C11H12ClN5. The van der Waals surface area contributed by atoms with E-state index in [-0.39, 0.29) is 0 Å². The van der Waals surface area contributed by atoms with E-state index in [1.165, 1.54) is 6.20 Å². The highest BCUT2D eigenvalue weighted by Gasteiger charge is 2.10. The summed E-state index contributed by atoms with van der Waals surface area (Å²) in [4.78, 5) is 15.5. The van der Waals surface area contributed by atoms with Crippen molar-refractivity contribution in [3.63, 3.8) is 0 Å². The lowest BCUT2D eigenvalue weighted by Crippen LogP contribution is -1.93. The van der Waals surface area contributed by atoms with Crippen molar-refractivity contribution in [2.75, 3.05) is 7.05 Å². The Bertz CT molecular complexity index is 612. The summed E-state index contributed by atoms with van der Waals surface area (Å²) in [7, 11) is 1.67. The van der Waals surface area contributed by atoms with Crippen molar-refractivity contribution in [2.45, 2.75) is 6.92 Å². The first-order valence-electron chi connectivity index (χ1n) is 5.02. The van der Waals surface area contributed by atoms with Crippen LogP contribution in [0.15, 0.2) is 17.4 Å². The van der Waals surface area contributed by atoms with Crippen LogP contribution in [-0.4, -0.2) is 28.2 Å². The van der Waals surface area contributed by atoms with Gasteiger partial charge in [0.2, 0.25) is 0 Å². The van der Waals surface area contributed by atoms with Crippen LogP contribution < -0.4 is 5.73 Å². The lowest BCUT2D eigenvalue weighted by atomic mass is 10.3. The Labute approximate surface area is 103 Å². The Morgan fingerprint density at radius 2 is 2.35 bits per heavy atom. The standard InChI is InChI=1S/C11H12ClN5/c1-6-8(12)5-15-11-9(6)16-10(17-11)7(3-13)4-14-2/h3-5H,13H2,1-2H3,(H,15,16,17)/b7-3+,14-4?. The molecule has 17 heavy (non-hydrogen) atoms. The van der Waals surface area contributed by atoms with Crippen molar-refractivity contribution in [3.05, 3.63) is 28.8 Å². The predicted octanol–water partition coefficient (Wildman–Crippen LogP) is 1.92. The Morgan fingerprint density at radius 3 is 3.00 bits per heavy atom. The lowest BCUT2D eigenvalue weighted by molar-refractivity contribution is 1.25. The Kier molecular flexibility index (Phi) is 3.10. The van der Waals surface area contributed by atoms with Crippen LogP contribution in [0.1, 0.15) is 11.4 Å². The minimum absolute atomic E-state index is 0.607. The fourth-order valence-electron chi connectivity index (χ4n) is 1.51. The van der Waals surface area contributed by atoms with E-state index in [2.05, 4.69) is 19.9 Å². The maximum Gasteiger partial charge on any atom is 0.178 e. The van der Waals surface area contributed by atoms with Gasteiger partial charge in [-0.3, -0.25) is 4.99 Å². The van der Waals surface area contributed by atoms with Gasteiger partial charge in [-0.1, -0.05) is 11.6 Å². The average Bonchev–Trinajstić information content (AvgIpc) is 2.75. The molecule has 0 amide bonds.